The molecule has 2 heterocycles. The Kier molecular flexibility index (Phi) is 8.08. The highest BCUT2D eigenvalue weighted by molar-refractivity contribution is 7.99. The zero-order valence-corrected chi connectivity index (χ0v) is 19.9. The average Bonchev–Trinajstić information content (AvgIpc) is 3.28. The molecule has 6 nitrogen and oxygen atoms in total. The molecule has 0 radical (unpaired) electrons. The maximum Gasteiger partial charge on any atom is 0.224 e. The van der Waals surface area contributed by atoms with Crippen LogP contribution in [0.2, 0.25) is 10.0 Å². The maximum absolute atomic E-state index is 12.7. The molecule has 0 unspecified atom stereocenters. The van der Waals surface area contributed by atoms with E-state index in [1.165, 1.54) is 11.8 Å². The average molecular weight is 490 g/mol. The summed E-state index contributed by atoms with van der Waals surface area (Å²) >= 11 is 13.8. The predicted octanol–water partition coefficient (Wildman–Crippen LogP) is 4.90. The van der Waals surface area contributed by atoms with E-state index in [2.05, 4.69) is 25.4 Å². The van der Waals surface area contributed by atoms with Gasteiger partial charge in [0.15, 0.2) is 5.82 Å². The molecule has 2 N–H and O–H groups in total. The Morgan fingerprint density at radius 3 is 2.88 bits per heavy atom. The topological polar surface area (TPSA) is 73.9 Å². The number of benzene rings is 2. The molecule has 1 aliphatic heterocycles. The molecule has 3 aromatic rings. The molecule has 168 valence electrons. The van der Waals surface area contributed by atoms with Gasteiger partial charge >= 0.3 is 0 Å². The van der Waals surface area contributed by atoms with Crippen LogP contribution in [-0.2, 0) is 11.3 Å². The van der Waals surface area contributed by atoms with Crippen molar-refractivity contribution in [2.75, 3.05) is 25.4 Å². The molecule has 0 bridgehead atoms. The summed E-state index contributed by atoms with van der Waals surface area (Å²) in [7, 11) is 0. The van der Waals surface area contributed by atoms with E-state index in [4.69, 9.17) is 23.2 Å². The molecule has 0 aliphatic carbocycles. The number of aromatic amines is 1. The maximum atomic E-state index is 12.7. The van der Waals surface area contributed by atoms with Crippen LogP contribution >= 0.6 is 35.0 Å². The van der Waals surface area contributed by atoms with Gasteiger partial charge in [-0.15, -0.1) is 5.10 Å². The largest absolute Gasteiger partial charge is 0.355 e. The van der Waals surface area contributed by atoms with Gasteiger partial charge in [-0.3, -0.25) is 14.8 Å². The fourth-order valence-corrected chi connectivity index (χ4v) is 4.92. The summed E-state index contributed by atoms with van der Waals surface area (Å²) < 4.78 is 0. The van der Waals surface area contributed by atoms with E-state index in [0.717, 1.165) is 49.4 Å². The van der Waals surface area contributed by atoms with Crippen molar-refractivity contribution in [3.63, 3.8) is 0 Å². The normalized spacial score (nSPS) is 16.8. The zero-order valence-electron chi connectivity index (χ0n) is 17.6. The highest BCUT2D eigenvalue weighted by Gasteiger charge is 2.26. The van der Waals surface area contributed by atoms with Crippen molar-refractivity contribution >= 4 is 40.9 Å². The van der Waals surface area contributed by atoms with Gasteiger partial charge in [-0.05, 0) is 37.1 Å². The Balaban J connectivity index is 1.21. The lowest BCUT2D eigenvalue weighted by molar-refractivity contribution is -0.126. The summed E-state index contributed by atoms with van der Waals surface area (Å²) in [6.07, 6.45) is 1.91. The molecular formula is C23H25Cl2N5OS. The first-order valence-corrected chi connectivity index (χ1v) is 12.4. The van der Waals surface area contributed by atoms with Gasteiger partial charge in [0.05, 0.1) is 5.92 Å². The van der Waals surface area contributed by atoms with Crippen molar-refractivity contribution in [3.8, 4) is 11.4 Å². The van der Waals surface area contributed by atoms with Gasteiger partial charge in [0.25, 0.3) is 0 Å². The first-order chi connectivity index (χ1) is 15.6. The Bertz CT molecular complexity index is 1050. The van der Waals surface area contributed by atoms with Gasteiger partial charge in [0.1, 0.15) is 0 Å². The number of nitrogens with one attached hydrogen (secondary N) is 2. The summed E-state index contributed by atoms with van der Waals surface area (Å²) in [5, 5.41) is 12.3. The Morgan fingerprint density at radius 1 is 1.22 bits per heavy atom. The minimum absolute atomic E-state index is 0.00647. The number of carbonyl (C=O) groups is 1. The van der Waals surface area contributed by atoms with Crippen LogP contribution in [0.1, 0.15) is 18.4 Å². The van der Waals surface area contributed by atoms with Crippen molar-refractivity contribution in [3.05, 3.63) is 64.1 Å². The van der Waals surface area contributed by atoms with Crippen LogP contribution in [0.5, 0.6) is 0 Å². The van der Waals surface area contributed by atoms with Gasteiger partial charge in [-0.2, -0.15) is 0 Å². The first-order valence-electron chi connectivity index (χ1n) is 10.6. The number of amides is 1. The second-order valence-electron chi connectivity index (χ2n) is 7.78. The molecule has 1 aliphatic rings. The van der Waals surface area contributed by atoms with Crippen molar-refractivity contribution in [1.29, 1.82) is 0 Å². The van der Waals surface area contributed by atoms with Crippen LogP contribution in [0.4, 0.5) is 0 Å². The van der Waals surface area contributed by atoms with Crippen LogP contribution in [0.25, 0.3) is 11.4 Å². The zero-order chi connectivity index (χ0) is 22.3. The predicted molar refractivity (Wildman–Crippen MR) is 130 cm³/mol. The van der Waals surface area contributed by atoms with E-state index in [1.54, 1.807) is 6.07 Å². The summed E-state index contributed by atoms with van der Waals surface area (Å²) in [4.78, 5) is 19.5. The van der Waals surface area contributed by atoms with E-state index in [0.29, 0.717) is 27.5 Å². The Labute approximate surface area is 202 Å². The molecule has 0 saturated carbocycles. The minimum Gasteiger partial charge on any atom is -0.355 e. The molecule has 1 aromatic heterocycles. The van der Waals surface area contributed by atoms with Crippen molar-refractivity contribution in [1.82, 2.24) is 25.4 Å². The van der Waals surface area contributed by atoms with E-state index >= 15 is 0 Å². The smallest absolute Gasteiger partial charge is 0.224 e. The second-order valence-corrected chi connectivity index (χ2v) is 9.69. The lowest BCUT2D eigenvalue weighted by Gasteiger charge is -2.32. The number of hydrogen-bond acceptors (Lipinski definition) is 5. The number of rotatable bonds is 8. The first kappa shape index (κ1) is 23.1. The molecule has 1 saturated heterocycles. The number of piperidine rings is 1. The summed E-state index contributed by atoms with van der Waals surface area (Å²) in [6.45, 7) is 3.01. The number of aromatic nitrogens is 3. The summed E-state index contributed by atoms with van der Waals surface area (Å²) in [5.74, 6) is 1.57. The molecular weight excluding hydrogens is 465 g/mol. The number of H-pyrrole nitrogens is 1. The van der Waals surface area contributed by atoms with Crippen molar-refractivity contribution in [2.24, 2.45) is 5.92 Å². The molecule has 1 atom stereocenters. The highest BCUT2D eigenvalue weighted by Crippen LogP contribution is 2.25. The van der Waals surface area contributed by atoms with Crippen LogP contribution in [0.15, 0.2) is 53.7 Å². The van der Waals surface area contributed by atoms with Crippen molar-refractivity contribution < 1.29 is 4.79 Å². The van der Waals surface area contributed by atoms with Crippen LogP contribution in [0, 0.1) is 5.92 Å². The number of thioether (sulfide) groups is 1. The summed E-state index contributed by atoms with van der Waals surface area (Å²) in [5.41, 5.74) is 2.04. The van der Waals surface area contributed by atoms with Crippen LogP contribution in [0.3, 0.4) is 0 Å². The number of nitrogens with zero attached hydrogens (tertiary/aromatic N) is 3. The van der Waals surface area contributed by atoms with Gasteiger partial charge in [0.2, 0.25) is 11.1 Å². The highest BCUT2D eigenvalue weighted by atomic mass is 35.5. The summed E-state index contributed by atoms with van der Waals surface area (Å²) in [6, 6.07) is 15.5. The number of halogens is 2. The third-order valence-corrected chi connectivity index (χ3v) is 6.87. The third-order valence-electron chi connectivity index (χ3n) is 5.43. The molecule has 1 fully saturated rings. The van der Waals surface area contributed by atoms with E-state index < -0.39 is 0 Å². The standard InChI is InChI=1S/C23H25Cl2N5OS/c24-19-9-8-17(20(25)13-19)14-30-11-4-7-18(15-30)22(31)26-10-12-32-23-27-21(28-29-23)16-5-2-1-3-6-16/h1-3,5-6,8-9,13,18H,4,7,10-12,14-15H2,(H,26,31)(H,27,28,29)/t18-/m1/s1. The lowest BCUT2D eigenvalue weighted by Crippen LogP contribution is -2.43. The molecule has 1 amide bonds. The monoisotopic (exact) mass is 489 g/mol. The molecule has 4 rings (SSSR count). The van der Waals surface area contributed by atoms with Gasteiger partial charge < -0.3 is 5.32 Å². The van der Waals surface area contributed by atoms with Gasteiger partial charge in [0, 0.05) is 41.0 Å². The number of hydrogen-bond donors (Lipinski definition) is 2. The lowest BCUT2D eigenvalue weighted by atomic mass is 9.96. The fourth-order valence-electron chi connectivity index (χ4n) is 3.80. The minimum atomic E-state index is -0.00647. The van der Waals surface area contributed by atoms with Crippen LogP contribution in [-0.4, -0.2) is 51.4 Å². The Hall–Kier alpha value is -2.06. The molecule has 0 spiro atoms. The van der Waals surface area contributed by atoms with Crippen LogP contribution < -0.4 is 5.32 Å². The molecule has 32 heavy (non-hydrogen) atoms. The van der Waals surface area contributed by atoms with Gasteiger partial charge in [-0.1, -0.05) is 71.4 Å². The van der Waals surface area contributed by atoms with Gasteiger partial charge in [-0.25, -0.2) is 4.98 Å². The van der Waals surface area contributed by atoms with Crippen molar-refractivity contribution in [2.45, 2.75) is 24.5 Å². The third kappa shape index (κ3) is 6.25. The van der Waals surface area contributed by atoms with E-state index in [1.807, 2.05) is 42.5 Å². The SMILES string of the molecule is O=C(NCCSc1n[nH]c(-c2ccccc2)n1)[C@@H]1CCCN(Cc2ccc(Cl)cc2Cl)C1. The quantitative estimate of drug-likeness (QED) is 0.347. The van der Waals surface area contributed by atoms with E-state index in [9.17, 15) is 4.79 Å². The van der Waals surface area contributed by atoms with E-state index in [-0.39, 0.29) is 11.8 Å². The number of likely N-dealkylation sites (tertiary alicyclic amines) is 1. The number of carbonyl (C=O) groups excluding carboxylic acids is 1. The molecule has 2 aromatic carbocycles. The Morgan fingerprint density at radius 2 is 2.06 bits per heavy atom. The fraction of sp³-hybridized carbons (Fsp3) is 0.348. The molecule has 9 heteroatoms. The second kappa shape index (κ2) is 11.2.